The normalized spacial score (nSPS) is 11.9. The molecule has 0 aromatic carbocycles. The predicted molar refractivity (Wildman–Crippen MR) is 104 cm³/mol. The second-order valence-corrected chi connectivity index (χ2v) is 8.28. The first-order chi connectivity index (χ1) is 12.1. The molecule has 5 nitrogen and oxygen atoms in total. The summed E-state index contributed by atoms with van der Waals surface area (Å²) in [5.74, 6) is 0. The molecule has 0 aliphatic carbocycles. The van der Waals surface area contributed by atoms with E-state index in [2.05, 4.69) is 11.1 Å². The topological polar surface area (TPSA) is 61.8 Å². The summed E-state index contributed by atoms with van der Waals surface area (Å²) in [7, 11) is -3.36. The van der Waals surface area contributed by atoms with Gasteiger partial charge in [-0.05, 0) is 6.42 Å². The number of unbranched alkanes of at least 4 members (excludes halogenated alkanes) is 11. The van der Waals surface area contributed by atoms with Crippen LogP contribution in [-0.2, 0) is 23.8 Å². The van der Waals surface area contributed by atoms with Gasteiger partial charge in [0.15, 0.2) is 0 Å². The maximum Gasteiger partial charge on any atom is 0.264 e. The molecule has 6 heteroatoms. The molecule has 0 saturated heterocycles. The number of hydrogen-bond donors (Lipinski definition) is 0. The van der Waals surface area contributed by atoms with E-state index in [4.69, 9.17) is 9.47 Å². The van der Waals surface area contributed by atoms with Gasteiger partial charge in [0.1, 0.15) is 0 Å². The van der Waals surface area contributed by atoms with Gasteiger partial charge in [-0.15, -0.1) is 0 Å². The minimum absolute atomic E-state index is 0.0670. The van der Waals surface area contributed by atoms with Gasteiger partial charge in [0.2, 0.25) is 0 Å². The van der Waals surface area contributed by atoms with Gasteiger partial charge in [-0.1, -0.05) is 77.6 Å². The maximum atomic E-state index is 10.7. The van der Waals surface area contributed by atoms with E-state index in [9.17, 15) is 8.42 Å². The average Bonchev–Trinajstić information content (AvgIpc) is 2.56. The van der Waals surface area contributed by atoms with E-state index in [1.807, 2.05) is 0 Å². The third kappa shape index (κ3) is 23.8. The Morgan fingerprint density at radius 3 is 1.44 bits per heavy atom. The summed E-state index contributed by atoms with van der Waals surface area (Å²) in [6, 6.07) is 0. The van der Waals surface area contributed by atoms with Crippen molar-refractivity contribution in [3.8, 4) is 0 Å². The molecule has 0 saturated carbocycles. The summed E-state index contributed by atoms with van der Waals surface area (Å²) in [5.41, 5.74) is 0. The van der Waals surface area contributed by atoms with E-state index in [0.29, 0.717) is 13.2 Å². The number of rotatable bonds is 20. The van der Waals surface area contributed by atoms with E-state index < -0.39 is 10.1 Å². The fraction of sp³-hybridized carbons (Fsp3) is 1.00. The molecule has 0 unspecified atom stereocenters. The van der Waals surface area contributed by atoms with E-state index in [0.717, 1.165) is 19.3 Å². The molecular weight excluding hydrogens is 340 g/mol. The molecule has 0 rings (SSSR count). The SMILES string of the molecule is CCCCCCCCCCCCCCOCCOCCOS(C)(=O)=O. The number of hydrogen-bond acceptors (Lipinski definition) is 5. The molecule has 0 bridgehead atoms. The van der Waals surface area contributed by atoms with Crippen LogP contribution in [0.15, 0.2) is 0 Å². The van der Waals surface area contributed by atoms with Gasteiger partial charge in [0.05, 0.1) is 32.7 Å². The van der Waals surface area contributed by atoms with Crippen molar-refractivity contribution in [1.82, 2.24) is 0 Å². The quantitative estimate of drug-likeness (QED) is 0.226. The van der Waals surface area contributed by atoms with Crippen LogP contribution in [0.25, 0.3) is 0 Å². The zero-order chi connectivity index (χ0) is 18.6. The average molecular weight is 381 g/mol. The summed E-state index contributed by atoms with van der Waals surface area (Å²) in [4.78, 5) is 0. The molecule has 0 aliphatic rings. The van der Waals surface area contributed by atoms with Crippen molar-refractivity contribution < 1.29 is 22.1 Å². The maximum absolute atomic E-state index is 10.7. The van der Waals surface area contributed by atoms with Gasteiger partial charge in [0, 0.05) is 6.61 Å². The molecular formula is C19H40O5S. The monoisotopic (exact) mass is 380 g/mol. The van der Waals surface area contributed by atoms with Crippen LogP contribution in [0.1, 0.15) is 84.0 Å². The molecule has 0 fully saturated rings. The van der Waals surface area contributed by atoms with E-state index in [-0.39, 0.29) is 13.2 Å². The van der Waals surface area contributed by atoms with Gasteiger partial charge in [-0.3, -0.25) is 4.18 Å². The molecule has 0 spiro atoms. The minimum atomic E-state index is -3.36. The van der Waals surface area contributed by atoms with Crippen molar-refractivity contribution >= 4 is 10.1 Å². The Morgan fingerprint density at radius 2 is 0.960 bits per heavy atom. The molecule has 0 aromatic heterocycles. The van der Waals surface area contributed by atoms with Crippen LogP contribution in [0.5, 0.6) is 0 Å². The Bertz CT molecular complexity index is 357. The van der Waals surface area contributed by atoms with Crippen molar-refractivity contribution in [2.24, 2.45) is 0 Å². The van der Waals surface area contributed by atoms with Crippen LogP contribution in [-0.4, -0.2) is 47.7 Å². The molecule has 0 amide bonds. The Kier molecular flexibility index (Phi) is 18.5. The van der Waals surface area contributed by atoms with Gasteiger partial charge in [0.25, 0.3) is 10.1 Å². The number of ether oxygens (including phenoxy) is 2. The lowest BCUT2D eigenvalue weighted by atomic mass is 10.1. The fourth-order valence-electron chi connectivity index (χ4n) is 2.61. The largest absolute Gasteiger partial charge is 0.379 e. The van der Waals surface area contributed by atoms with Gasteiger partial charge in [-0.2, -0.15) is 8.42 Å². The Labute approximate surface area is 155 Å². The zero-order valence-corrected chi connectivity index (χ0v) is 17.3. The van der Waals surface area contributed by atoms with Crippen LogP contribution < -0.4 is 0 Å². The summed E-state index contributed by atoms with van der Waals surface area (Å²) in [5, 5.41) is 0. The molecule has 0 atom stereocenters. The van der Waals surface area contributed by atoms with Crippen LogP contribution in [0, 0.1) is 0 Å². The third-order valence-corrected chi connectivity index (χ3v) is 4.63. The first-order valence-electron chi connectivity index (χ1n) is 10.1. The molecule has 0 heterocycles. The Hall–Kier alpha value is -0.170. The van der Waals surface area contributed by atoms with Crippen LogP contribution in [0.2, 0.25) is 0 Å². The minimum Gasteiger partial charge on any atom is -0.379 e. The highest BCUT2D eigenvalue weighted by molar-refractivity contribution is 7.85. The zero-order valence-electron chi connectivity index (χ0n) is 16.5. The van der Waals surface area contributed by atoms with Crippen molar-refractivity contribution in [2.75, 3.05) is 39.3 Å². The second-order valence-electron chi connectivity index (χ2n) is 6.64. The molecule has 0 aliphatic heterocycles. The lowest BCUT2D eigenvalue weighted by Gasteiger charge is -2.06. The van der Waals surface area contributed by atoms with Crippen molar-refractivity contribution in [2.45, 2.75) is 84.0 Å². The second kappa shape index (κ2) is 18.6. The molecule has 25 heavy (non-hydrogen) atoms. The smallest absolute Gasteiger partial charge is 0.264 e. The summed E-state index contributed by atoms with van der Waals surface area (Å²) >= 11 is 0. The van der Waals surface area contributed by atoms with Crippen LogP contribution in [0.3, 0.4) is 0 Å². The lowest BCUT2D eigenvalue weighted by molar-refractivity contribution is 0.0360. The Morgan fingerprint density at radius 1 is 0.560 bits per heavy atom. The van der Waals surface area contributed by atoms with Gasteiger partial charge < -0.3 is 9.47 Å². The van der Waals surface area contributed by atoms with E-state index >= 15 is 0 Å². The Balaban J connectivity index is 3.03. The van der Waals surface area contributed by atoms with Gasteiger partial charge >= 0.3 is 0 Å². The van der Waals surface area contributed by atoms with Crippen LogP contribution >= 0.6 is 0 Å². The highest BCUT2D eigenvalue weighted by Gasteiger charge is 2.00. The first-order valence-corrected chi connectivity index (χ1v) is 11.9. The highest BCUT2D eigenvalue weighted by Crippen LogP contribution is 2.11. The molecule has 0 aromatic rings. The standard InChI is InChI=1S/C19H40O5S/c1-3-4-5-6-7-8-9-10-11-12-13-14-15-22-16-17-23-18-19-24-25(2,20)21/h3-19H2,1-2H3. The van der Waals surface area contributed by atoms with Crippen molar-refractivity contribution in [3.63, 3.8) is 0 Å². The molecule has 152 valence electrons. The lowest BCUT2D eigenvalue weighted by Crippen LogP contribution is -2.12. The van der Waals surface area contributed by atoms with E-state index in [1.54, 1.807) is 0 Å². The summed E-state index contributed by atoms with van der Waals surface area (Å²) < 4.78 is 36.7. The fourth-order valence-corrected chi connectivity index (χ4v) is 2.98. The van der Waals surface area contributed by atoms with Crippen LogP contribution in [0.4, 0.5) is 0 Å². The van der Waals surface area contributed by atoms with Crippen molar-refractivity contribution in [3.05, 3.63) is 0 Å². The van der Waals surface area contributed by atoms with Crippen molar-refractivity contribution in [1.29, 1.82) is 0 Å². The van der Waals surface area contributed by atoms with E-state index in [1.165, 1.54) is 70.6 Å². The molecule has 0 N–H and O–H groups in total. The summed E-state index contributed by atoms with van der Waals surface area (Å²) in [6.07, 6.45) is 17.2. The van der Waals surface area contributed by atoms with Gasteiger partial charge in [-0.25, -0.2) is 0 Å². The predicted octanol–water partition coefficient (Wildman–Crippen LogP) is 4.70. The molecule has 0 radical (unpaired) electrons. The third-order valence-electron chi connectivity index (χ3n) is 4.04. The summed E-state index contributed by atoms with van der Waals surface area (Å²) in [6.45, 7) is 4.41. The first kappa shape index (κ1) is 24.8. The highest BCUT2D eigenvalue weighted by atomic mass is 32.2.